The lowest BCUT2D eigenvalue weighted by atomic mass is 9.98. The topological polar surface area (TPSA) is 12.0 Å². The molecule has 0 bridgehead atoms. The molecule has 0 aliphatic rings. The van der Waals surface area contributed by atoms with Crippen molar-refractivity contribution in [2.24, 2.45) is 0 Å². The number of halogens is 3. The molecule has 1 atom stereocenters. The third kappa shape index (κ3) is 3.72. The van der Waals surface area contributed by atoms with Crippen molar-refractivity contribution in [3.05, 3.63) is 69.5 Å². The number of benzene rings is 2. The highest BCUT2D eigenvalue weighted by Crippen LogP contribution is 2.29. The summed E-state index contributed by atoms with van der Waals surface area (Å²) in [5, 5.41) is 4.53. The first-order chi connectivity index (χ1) is 9.61. The van der Waals surface area contributed by atoms with Gasteiger partial charge in [-0.3, -0.25) is 0 Å². The third-order valence-electron chi connectivity index (χ3n) is 3.18. The van der Waals surface area contributed by atoms with E-state index in [9.17, 15) is 4.39 Å². The molecule has 0 heterocycles. The lowest BCUT2D eigenvalue weighted by Crippen LogP contribution is -2.23. The molecule has 0 aromatic heterocycles. The Morgan fingerprint density at radius 2 is 1.80 bits per heavy atom. The summed E-state index contributed by atoms with van der Waals surface area (Å²) < 4.78 is 13.0. The van der Waals surface area contributed by atoms with E-state index in [-0.39, 0.29) is 11.9 Å². The first-order valence-electron chi connectivity index (χ1n) is 6.53. The molecule has 1 N–H and O–H groups in total. The molecule has 0 spiro atoms. The lowest BCUT2D eigenvalue weighted by molar-refractivity contribution is 0.547. The largest absolute Gasteiger partial charge is 0.310 e. The molecular formula is C16H16Cl2FN. The summed E-state index contributed by atoms with van der Waals surface area (Å²) in [6.45, 7) is 2.86. The maximum Gasteiger partial charge on any atom is 0.123 e. The fraction of sp³-hybridized carbons (Fsp3) is 0.250. The summed E-state index contributed by atoms with van der Waals surface area (Å²) in [7, 11) is 0. The Morgan fingerprint density at radius 1 is 1.10 bits per heavy atom. The van der Waals surface area contributed by atoms with Crippen molar-refractivity contribution in [1.29, 1.82) is 0 Å². The summed E-state index contributed by atoms with van der Waals surface area (Å²) in [6.07, 6.45) is 0.707. The van der Waals surface area contributed by atoms with Gasteiger partial charge in [0.25, 0.3) is 0 Å². The van der Waals surface area contributed by atoms with Crippen LogP contribution in [-0.4, -0.2) is 6.54 Å². The highest BCUT2D eigenvalue weighted by Gasteiger charge is 2.14. The molecule has 0 aliphatic carbocycles. The molecule has 4 heteroatoms. The lowest BCUT2D eigenvalue weighted by Gasteiger charge is -2.19. The van der Waals surface area contributed by atoms with Gasteiger partial charge in [0.15, 0.2) is 0 Å². The molecule has 0 saturated heterocycles. The second-order valence-corrected chi connectivity index (χ2v) is 5.36. The minimum absolute atomic E-state index is 0.0802. The van der Waals surface area contributed by atoms with E-state index in [0.717, 1.165) is 17.7 Å². The van der Waals surface area contributed by atoms with Crippen molar-refractivity contribution < 1.29 is 4.39 Å². The molecule has 0 amide bonds. The Labute approximate surface area is 128 Å². The molecular weight excluding hydrogens is 296 g/mol. The second-order valence-electron chi connectivity index (χ2n) is 4.58. The van der Waals surface area contributed by atoms with Crippen LogP contribution in [0.4, 0.5) is 4.39 Å². The summed E-state index contributed by atoms with van der Waals surface area (Å²) in [5.74, 6) is -0.232. The van der Waals surface area contributed by atoms with Crippen LogP contribution in [-0.2, 0) is 6.42 Å². The zero-order chi connectivity index (χ0) is 14.5. The van der Waals surface area contributed by atoms with Gasteiger partial charge in [-0.15, -0.1) is 0 Å². The average molecular weight is 312 g/mol. The van der Waals surface area contributed by atoms with Crippen molar-refractivity contribution in [2.45, 2.75) is 19.4 Å². The molecule has 20 heavy (non-hydrogen) atoms. The highest BCUT2D eigenvalue weighted by atomic mass is 35.5. The Kier molecular flexibility index (Phi) is 5.41. The van der Waals surface area contributed by atoms with Crippen molar-refractivity contribution in [1.82, 2.24) is 5.32 Å². The van der Waals surface area contributed by atoms with Crippen molar-refractivity contribution >= 4 is 23.2 Å². The van der Waals surface area contributed by atoms with Crippen LogP contribution < -0.4 is 5.32 Å². The predicted molar refractivity (Wildman–Crippen MR) is 83.0 cm³/mol. The summed E-state index contributed by atoms with van der Waals surface area (Å²) >= 11 is 12.3. The molecule has 0 saturated carbocycles. The fourth-order valence-electron chi connectivity index (χ4n) is 2.18. The van der Waals surface area contributed by atoms with Gasteiger partial charge in [-0.25, -0.2) is 4.39 Å². The second kappa shape index (κ2) is 7.07. The van der Waals surface area contributed by atoms with Crippen molar-refractivity contribution in [2.75, 3.05) is 6.54 Å². The van der Waals surface area contributed by atoms with Gasteiger partial charge in [-0.1, -0.05) is 54.4 Å². The molecule has 1 nitrogen and oxygen atoms in total. The SMILES string of the molecule is CCNC(Cc1cccc(Cl)c1Cl)c1ccc(F)cc1. The van der Waals surface area contributed by atoms with Gasteiger partial charge in [0.1, 0.15) is 5.82 Å². The highest BCUT2D eigenvalue weighted by molar-refractivity contribution is 6.42. The quantitative estimate of drug-likeness (QED) is 0.817. The van der Waals surface area contributed by atoms with Crippen molar-refractivity contribution in [3.63, 3.8) is 0 Å². The first-order valence-corrected chi connectivity index (χ1v) is 7.29. The van der Waals surface area contributed by atoms with Gasteiger partial charge in [0.05, 0.1) is 10.0 Å². The van der Waals surface area contributed by atoms with E-state index in [2.05, 4.69) is 5.32 Å². The zero-order valence-electron chi connectivity index (χ0n) is 11.2. The molecule has 0 fully saturated rings. The third-order valence-corrected chi connectivity index (χ3v) is 4.04. The van der Waals surface area contributed by atoms with Gasteiger partial charge in [0.2, 0.25) is 0 Å². The molecule has 1 unspecified atom stereocenters. The van der Waals surface area contributed by atoms with Crippen LogP contribution in [0, 0.1) is 5.82 Å². The van der Waals surface area contributed by atoms with Gasteiger partial charge in [-0.2, -0.15) is 0 Å². The Hall–Kier alpha value is -1.09. The standard InChI is InChI=1S/C16H16Cl2FN/c1-2-20-15(11-6-8-13(19)9-7-11)10-12-4-3-5-14(17)16(12)18/h3-9,15,20H,2,10H2,1H3. The van der Waals surface area contributed by atoms with E-state index >= 15 is 0 Å². The van der Waals surface area contributed by atoms with Crippen LogP contribution in [0.1, 0.15) is 24.1 Å². The zero-order valence-corrected chi connectivity index (χ0v) is 12.7. The van der Waals surface area contributed by atoms with Gasteiger partial charge >= 0.3 is 0 Å². The van der Waals surface area contributed by atoms with Gasteiger partial charge in [-0.05, 0) is 42.3 Å². The number of likely N-dealkylation sites (N-methyl/N-ethyl adjacent to an activating group) is 1. The number of hydrogen-bond acceptors (Lipinski definition) is 1. The van der Waals surface area contributed by atoms with Crippen LogP contribution >= 0.6 is 23.2 Å². The molecule has 2 aromatic carbocycles. The molecule has 106 valence electrons. The molecule has 0 aliphatic heterocycles. The summed E-state index contributed by atoms with van der Waals surface area (Å²) in [6, 6.07) is 12.2. The summed E-state index contributed by atoms with van der Waals surface area (Å²) in [4.78, 5) is 0. The smallest absolute Gasteiger partial charge is 0.123 e. The van der Waals surface area contributed by atoms with E-state index in [1.54, 1.807) is 18.2 Å². The Balaban J connectivity index is 2.25. The van der Waals surface area contributed by atoms with E-state index in [1.165, 1.54) is 12.1 Å². The number of hydrogen-bond donors (Lipinski definition) is 1. The maximum absolute atomic E-state index is 13.0. The number of rotatable bonds is 5. The average Bonchev–Trinajstić information content (AvgIpc) is 2.44. The predicted octanol–water partition coefficient (Wildman–Crippen LogP) is 5.03. The number of nitrogens with one attached hydrogen (secondary N) is 1. The molecule has 0 radical (unpaired) electrons. The van der Waals surface area contributed by atoms with Crippen LogP contribution in [0.25, 0.3) is 0 Å². The normalized spacial score (nSPS) is 12.4. The fourth-order valence-corrected chi connectivity index (χ4v) is 2.57. The van der Waals surface area contributed by atoms with Gasteiger partial charge < -0.3 is 5.32 Å². The minimum atomic E-state index is -0.232. The maximum atomic E-state index is 13.0. The van der Waals surface area contributed by atoms with Gasteiger partial charge in [0, 0.05) is 6.04 Å². The van der Waals surface area contributed by atoms with Crippen LogP contribution in [0.5, 0.6) is 0 Å². The summed E-state index contributed by atoms with van der Waals surface area (Å²) in [5.41, 5.74) is 2.01. The van der Waals surface area contributed by atoms with Crippen molar-refractivity contribution in [3.8, 4) is 0 Å². The van der Waals surface area contributed by atoms with Crippen LogP contribution in [0.2, 0.25) is 10.0 Å². The van der Waals surface area contributed by atoms with E-state index < -0.39 is 0 Å². The van der Waals surface area contributed by atoms with Crippen LogP contribution in [0.3, 0.4) is 0 Å². The molecule has 2 rings (SSSR count). The first kappa shape index (κ1) is 15.3. The Bertz CT molecular complexity index is 569. The van der Waals surface area contributed by atoms with E-state index in [4.69, 9.17) is 23.2 Å². The Morgan fingerprint density at radius 3 is 2.45 bits per heavy atom. The van der Waals surface area contributed by atoms with E-state index in [1.807, 2.05) is 19.1 Å². The minimum Gasteiger partial charge on any atom is -0.310 e. The van der Waals surface area contributed by atoms with E-state index in [0.29, 0.717) is 16.5 Å². The monoisotopic (exact) mass is 311 g/mol. The van der Waals surface area contributed by atoms with Crippen LogP contribution in [0.15, 0.2) is 42.5 Å². The molecule has 2 aromatic rings.